The molecule has 0 aliphatic heterocycles. The van der Waals surface area contributed by atoms with Crippen molar-refractivity contribution in [3.05, 3.63) is 24.3 Å². The largest absolute Gasteiger partial charge is 0.394 e. The van der Waals surface area contributed by atoms with Crippen LogP contribution in [-0.4, -0.2) is 34.3 Å². The summed E-state index contributed by atoms with van der Waals surface area (Å²) in [6.45, 7) is 1.78. The lowest BCUT2D eigenvalue weighted by Gasteiger charge is -2.14. The third-order valence-electron chi connectivity index (χ3n) is 2.47. The summed E-state index contributed by atoms with van der Waals surface area (Å²) in [5.41, 5.74) is 0.577. The summed E-state index contributed by atoms with van der Waals surface area (Å²) < 4.78 is 11.3. The first-order chi connectivity index (χ1) is 8.56. The van der Waals surface area contributed by atoms with E-state index in [0.29, 0.717) is 17.0 Å². The molecule has 18 heavy (non-hydrogen) atoms. The number of carbonyl (C=O) groups is 1. The number of anilines is 1. The summed E-state index contributed by atoms with van der Waals surface area (Å²) in [7, 11) is -1.08. The van der Waals surface area contributed by atoms with Crippen molar-refractivity contribution in [3.63, 3.8) is 0 Å². The Morgan fingerprint density at radius 1 is 1.50 bits per heavy atom. The Morgan fingerprint density at radius 2 is 2.22 bits per heavy atom. The summed E-state index contributed by atoms with van der Waals surface area (Å²) in [6.07, 6.45) is 2.24. The number of rotatable bonds is 5. The third-order valence-corrected chi connectivity index (χ3v) is 3.39. The Morgan fingerprint density at radius 3 is 2.78 bits per heavy atom. The quantitative estimate of drug-likeness (QED) is 0.755. The van der Waals surface area contributed by atoms with Crippen LogP contribution in [0, 0.1) is 0 Å². The van der Waals surface area contributed by atoms with Gasteiger partial charge in [-0.1, -0.05) is 13.0 Å². The molecule has 2 atom stereocenters. The summed E-state index contributed by atoms with van der Waals surface area (Å²) >= 11 is 0. The Bertz CT molecular complexity index is 433. The van der Waals surface area contributed by atoms with E-state index in [1.54, 1.807) is 30.5 Å². The van der Waals surface area contributed by atoms with Gasteiger partial charge in [0, 0.05) is 27.6 Å². The van der Waals surface area contributed by atoms with E-state index in [1.807, 2.05) is 6.92 Å². The molecule has 6 heteroatoms. The van der Waals surface area contributed by atoms with Gasteiger partial charge in [0.25, 0.3) is 0 Å². The summed E-state index contributed by atoms with van der Waals surface area (Å²) in [5.74, 6) is 0. The molecule has 0 spiro atoms. The average Bonchev–Trinajstić information content (AvgIpc) is 2.36. The standard InChI is InChI=1S/C12H18N2O3S/c1-3-9(8-15)13-12(16)14-10-5-4-6-11(7-10)18(2)17/h4-7,9,15H,3,8H2,1-2H3,(H2,13,14,16). The van der Waals surface area contributed by atoms with Crippen LogP contribution in [0.1, 0.15) is 13.3 Å². The first-order valence-corrected chi connectivity index (χ1v) is 7.24. The van der Waals surface area contributed by atoms with Crippen molar-refractivity contribution in [1.29, 1.82) is 0 Å². The van der Waals surface area contributed by atoms with Gasteiger partial charge in [-0.3, -0.25) is 4.21 Å². The topological polar surface area (TPSA) is 78.4 Å². The second-order valence-corrected chi connectivity index (χ2v) is 5.25. The predicted molar refractivity (Wildman–Crippen MR) is 72.1 cm³/mol. The lowest BCUT2D eigenvalue weighted by atomic mass is 10.2. The van der Waals surface area contributed by atoms with Crippen LogP contribution in [0.4, 0.5) is 10.5 Å². The molecular weight excluding hydrogens is 252 g/mol. The molecule has 0 aromatic heterocycles. The van der Waals surface area contributed by atoms with Gasteiger partial charge in [0.1, 0.15) is 0 Å². The fourth-order valence-corrected chi connectivity index (χ4v) is 1.95. The van der Waals surface area contributed by atoms with E-state index in [4.69, 9.17) is 5.11 Å². The Hall–Kier alpha value is -1.40. The molecule has 0 heterocycles. The second-order valence-electron chi connectivity index (χ2n) is 3.87. The van der Waals surface area contributed by atoms with Crippen LogP contribution in [0.5, 0.6) is 0 Å². The first kappa shape index (κ1) is 14.7. The Labute approximate surface area is 109 Å². The Kier molecular flexibility index (Phi) is 5.80. The predicted octanol–water partition coefficient (Wildman–Crippen LogP) is 1.32. The van der Waals surface area contributed by atoms with Gasteiger partial charge in [0.15, 0.2) is 0 Å². The zero-order valence-corrected chi connectivity index (χ0v) is 11.3. The van der Waals surface area contributed by atoms with E-state index in [0.717, 1.165) is 0 Å². The molecule has 2 amide bonds. The highest BCUT2D eigenvalue weighted by molar-refractivity contribution is 7.84. The number of amides is 2. The molecule has 1 rings (SSSR count). The monoisotopic (exact) mass is 270 g/mol. The molecule has 100 valence electrons. The van der Waals surface area contributed by atoms with Crippen LogP contribution < -0.4 is 10.6 Å². The van der Waals surface area contributed by atoms with Gasteiger partial charge in [0.2, 0.25) is 0 Å². The van der Waals surface area contributed by atoms with E-state index in [-0.39, 0.29) is 18.7 Å². The highest BCUT2D eigenvalue weighted by Crippen LogP contribution is 2.13. The molecule has 0 aliphatic rings. The van der Waals surface area contributed by atoms with Gasteiger partial charge < -0.3 is 15.7 Å². The molecule has 1 aromatic carbocycles. The molecule has 0 radical (unpaired) electrons. The number of nitrogens with one attached hydrogen (secondary N) is 2. The van der Waals surface area contributed by atoms with E-state index in [2.05, 4.69) is 10.6 Å². The molecular formula is C12H18N2O3S. The van der Waals surface area contributed by atoms with Crippen LogP contribution in [0.3, 0.4) is 0 Å². The number of hydrogen-bond donors (Lipinski definition) is 3. The van der Waals surface area contributed by atoms with Crippen LogP contribution in [-0.2, 0) is 10.8 Å². The first-order valence-electron chi connectivity index (χ1n) is 5.68. The van der Waals surface area contributed by atoms with Gasteiger partial charge in [-0.25, -0.2) is 4.79 Å². The lowest BCUT2D eigenvalue weighted by Crippen LogP contribution is -2.39. The van der Waals surface area contributed by atoms with Crippen LogP contribution in [0.25, 0.3) is 0 Å². The highest BCUT2D eigenvalue weighted by atomic mass is 32.2. The van der Waals surface area contributed by atoms with Crippen LogP contribution in [0.2, 0.25) is 0 Å². The second kappa shape index (κ2) is 7.13. The van der Waals surface area contributed by atoms with E-state index < -0.39 is 10.8 Å². The van der Waals surface area contributed by atoms with Crippen molar-refractivity contribution in [3.8, 4) is 0 Å². The number of carbonyl (C=O) groups excluding carboxylic acids is 1. The Balaban J connectivity index is 2.64. The van der Waals surface area contributed by atoms with Gasteiger partial charge in [-0.05, 0) is 24.6 Å². The van der Waals surface area contributed by atoms with Crippen molar-refractivity contribution in [1.82, 2.24) is 5.32 Å². The normalized spacial score (nSPS) is 13.7. The minimum Gasteiger partial charge on any atom is -0.394 e. The molecule has 5 nitrogen and oxygen atoms in total. The highest BCUT2D eigenvalue weighted by Gasteiger charge is 2.09. The average molecular weight is 270 g/mol. The van der Waals surface area contributed by atoms with Crippen molar-refractivity contribution in [2.24, 2.45) is 0 Å². The van der Waals surface area contributed by atoms with Crippen LogP contribution in [0.15, 0.2) is 29.2 Å². The van der Waals surface area contributed by atoms with Crippen molar-refractivity contribution >= 4 is 22.5 Å². The van der Waals surface area contributed by atoms with Gasteiger partial charge in [0.05, 0.1) is 12.6 Å². The number of hydrogen-bond acceptors (Lipinski definition) is 3. The minimum absolute atomic E-state index is 0.0943. The van der Waals surface area contributed by atoms with E-state index in [1.165, 1.54) is 0 Å². The third kappa shape index (κ3) is 4.46. The number of aliphatic hydroxyl groups excluding tert-OH is 1. The number of benzene rings is 1. The van der Waals surface area contributed by atoms with Crippen molar-refractivity contribution in [2.45, 2.75) is 24.3 Å². The fourth-order valence-electron chi connectivity index (χ4n) is 1.38. The number of urea groups is 1. The SMILES string of the molecule is CCC(CO)NC(=O)Nc1cccc(S(C)=O)c1. The van der Waals surface area contributed by atoms with Gasteiger partial charge >= 0.3 is 6.03 Å². The van der Waals surface area contributed by atoms with Gasteiger partial charge in [-0.15, -0.1) is 0 Å². The van der Waals surface area contributed by atoms with E-state index in [9.17, 15) is 9.00 Å². The molecule has 1 aromatic rings. The lowest BCUT2D eigenvalue weighted by molar-refractivity contribution is 0.222. The zero-order valence-electron chi connectivity index (χ0n) is 10.5. The fraction of sp³-hybridized carbons (Fsp3) is 0.417. The van der Waals surface area contributed by atoms with Gasteiger partial charge in [-0.2, -0.15) is 0 Å². The summed E-state index contributed by atoms with van der Waals surface area (Å²) in [6, 6.07) is 6.21. The molecule has 0 bridgehead atoms. The zero-order chi connectivity index (χ0) is 13.5. The molecule has 0 aliphatic carbocycles. The molecule has 0 saturated carbocycles. The molecule has 3 N–H and O–H groups in total. The summed E-state index contributed by atoms with van der Waals surface area (Å²) in [5, 5.41) is 14.3. The number of aliphatic hydroxyl groups is 1. The summed E-state index contributed by atoms with van der Waals surface area (Å²) in [4.78, 5) is 12.3. The maximum Gasteiger partial charge on any atom is 0.319 e. The van der Waals surface area contributed by atoms with Crippen molar-refractivity contribution in [2.75, 3.05) is 18.2 Å². The molecule has 2 unspecified atom stereocenters. The minimum atomic E-state index is -1.08. The smallest absolute Gasteiger partial charge is 0.319 e. The van der Waals surface area contributed by atoms with E-state index >= 15 is 0 Å². The molecule has 0 fully saturated rings. The van der Waals surface area contributed by atoms with Crippen LogP contribution >= 0.6 is 0 Å². The van der Waals surface area contributed by atoms with Crippen molar-refractivity contribution < 1.29 is 14.1 Å². The maximum atomic E-state index is 11.6. The maximum absolute atomic E-state index is 11.6. The molecule has 0 saturated heterocycles.